The Morgan fingerprint density at radius 1 is 0.906 bits per heavy atom. The van der Waals surface area contributed by atoms with Crippen molar-refractivity contribution in [3.63, 3.8) is 0 Å². The smallest absolute Gasteiger partial charge is 0.186 e. The van der Waals surface area contributed by atoms with Gasteiger partial charge < -0.3 is 9.47 Å². The molecule has 0 bridgehead atoms. The number of rotatable bonds is 4. The molecule has 0 atom stereocenters. The van der Waals surface area contributed by atoms with Crippen LogP contribution >= 0.6 is 0 Å². The average molecular weight is 430 g/mol. The quantitative estimate of drug-likeness (QED) is 0.575. The topological polar surface area (TPSA) is 65.5 Å². The van der Waals surface area contributed by atoms with Gasteiger partial charge in [0.25, 0.3) is 0 Å². The van der Waals surface area contributed by atoms with Crippen LogP contribution in [0.3, 0.4) is 0 Å². The molecule has 5 heteroatoms. The lowest BCUT2D eigenvalue weighted by atomic mass is 9.71. The Kier molecular flexibility index (Phi) is 5.37. The Morgan fingerprint density at radius 3 is 2.16 bits per heavy atom. The van der Waals surface area contributed by atoms with Crippen LogP contribution in [0, 0.1) is 0 Å². The first-order chi connectivity index (χ1) is 15.2. The van der Waals surface area contributed by atoms with Crippen LogP contribution in [0.15, 0.2) is 47.5 Å². The highest BCUT2D eigenvalue weighted by atomic mass is 16.5. The van der Waals surface area contributed by atoms with Gasteiger partial charge in [-0.05, 0) is 72.9 Å². The van der Waals surface area contributed by atoms with E-state index in [1.807, 2.05) is 58.0 Å². The number of fused-ring (bicyclic) bond motifs is 2. The van der Waals surface area contributed by atoms with Crippen molar-refractivity contribution in [2.24, 2.45) is 0 Å². The van der Waals surface area contributed by atoms with Crippen molar-refractivity contribution in [1.29, 1.82) is 0 Å². The van der Waals surface area contributed by atoms with E-state index in [1.165, 1.54) is 0 Å². The van der Waals surface area contributed by atoms with Gasteiger partial charge in [-0.15, -0.1) is 0 Å². The van der Waals surface area contributed by atoms with Gasteiger partial charge >= 0.3 is 0 Å². The third-order valence-corrected chi connectivity index (χ3v) is 6.26. The summed E-state index contributed by atoms with van der Waals surface area (Å²) in [7, 11) is 3.19. The molecular formula is C27H27NO4. The van der Waals surface area contributed by atoms with E-state index in [9.17, 15) is 9.59 Å². The lowest BCUT2D eigenvalue weighted by molar-refractivity contribution is -0.117. The van der Waals surface area contributed by atoms with E-state index < -0.39 is 5.41 Å². The van der Waals surface area contributed by atoms with Crippen LogP contribution in [0.1, 0.15) is 55.9 Å². The van der Waals surface area contributed by atoms with Gasteiger partial charge in [0, 0.05) is 34.3 Å². The van der Waals surface area contributed by atoms with Crippen LogP contribution < -0.4 is 14.9 Å². The van der Waals surface area contributed by atoms with Gasteiger partial charge in [0.2, 0.25) is 0 Å². The number of ether oxygens (including phenoxy) is 2. The summed E-state index contributed by atoms with van der Waals surface area (Å²) in [5, 5.41) is 1.21. The number of hydrogen-bond acceptors (Lipinski definition) is 5. The van der Waals surface area contributed by atoms with Crippen molar-refractivity contribution in [3.05, 3.63) is 75.2 Å². The summed E-state index contributed by atoms with van der Waals surface area (Å²) < 4.78 is 11.4. The minimum Gasteiger partial charge on any atom is -0.493 e. The maximum atomic E-state index is 13.4. The highest BCUT2D eigenvalue weighted by molar-refractivity contribution is 6.31. The first kappa shape index (κ1) is 21.8. The minimum absolute atomic E-state index is 0.0294. The largest absolute Gasteiger partial charge is 0.493 e. The Hall–Kier alpha value is -3.47. The van der Waals surface area contributed by atoms with E-state index in [0.717, 1.165) is 16.7 Å². The second-order valence-corrected chi connectivity index (χ2v) is 8.92. The molecule has 1 aliphatic rings. The third-order valence-electron chi connectivity index (χ3n) is 6.26. The predicted octanol–water partition coefficient (Wildman–Crippen LogP) is 5.14. The summed E-state index contributed by atoms with van der Waals surface area (Å²) in [4.78, 5) is 30.9. The molecule has 0 unspecified atom stereocenters. The highest BCUT2D eigenvalue weighted by Crippen LogP contribution is 2.44. The van der Waals surface area contributed by atoms with Gasteiger partial charge in [0.1, 0.15) is 0 Å². The lowest BCUT2D eigenvalue weighted by Crippen LogP contribution is -2.33. The zero-order valence-electron chi connectivity index (χ0n) is 19.3. The van der Waals surface area contributed by atoms with E-state index in [4.69, 9.17) is 9.47 Å². The molecule has 1 aromatic heterocycles. The maximum Gasteiger partial charge on any atom is 0.186 e. The highest BCUT2D eigenvalue weighted by Gasteiger charge is 2.38. The minimum atomic E-state index is -0.866. The molecule has 0 saturated carbocycles. The first-order valence-electron chi connectivity index (χ1n) is 10.6. The zero-order chi connectivity index (χ0) is 23.2. The van der Waals surface area contributed by atoms with Crippen LogP contribution in [0.25, 0.3) is 22.4 Å². The van der Waals surface area contributed by atoms with E-state index in [1.54, 1.807) is 32.7 Å². The summed E-state index contributed by atoms with van der Waals surface area (Å²) in [5.74, 6) is 1.26. The van der Waals surface area contributed by atoms with Crippen LogP contribution in [-0.2, 0) is 10.2 Å². The molecule has 5 nitrogen and oxygen atoms in total. The fraction of sp³-hybridized carbons (Fsp3) is 0.296. The molecule has 2 aromatic carbocycles. The molecule has 0 N–H and O–H groups in total. The van der Waals surface area contributed by atoms with Crippen molar-refractivity contribution < 1.29 is 14.3 Å². The molecule has 1 aliphatic carbocycles. The first-order valence-corrected chi connectivity index (χ1v) is 10.6. The van der Waals surface area contributed by atoms with Gasteiger partial charge in [-0.1, -0.05) is 13.8 Å². The molecule has 0 fully saturated rings. The van der Waals surface area contributed by atoms with Gasteiger partial charge in [-0.2, -0.15) is 0 Å². The van der Waals surface area contributed by atoms with Gasteiger partial charge in [0.05, 0.1) is 19.6 Å². The summed E-state index contributed by atoms with van der Waals surface area (Å²) >= 11 is 0. The number of carbonyl (C=O) groups excluding carboxylic acids is 1. The molecule has 4 rings (SSSR count). The molecule has 0 spiro atoms. The maximum absolute atomic E-state index is 13.4. The second-order valence-electron chi connectivity index (χ2n) is 8.92. The molecule has 0 radical (unpaired) electrons. The molecule has 0 saturated heterocycles. The second kappa shape index (κ2) is 7.90. The lowest BCUT2D eigenvalue weighted by Gasteiger charge is -2.30. The molecule has 1 heterocycles. The summed E-state index contributed by atoms with van der Waals surface area (Å²) in [6, 6.07) is 9.07. The number of methoxy groups -OCH3 is 2. The van der Waals surface area contributed by atoms with Gasteiger partial charge in [0.15, 0.2) is 22.7 Å². The molecule has 164 valence electrons. The molecule has 0 aliphatic heterocycles. The predicted molar refractivity (Wildman–Crippen MR) is 128 cm³/mol. The van der Waals surface area contributed by atoms with Crippen LogP contribution in [0.2, 0.25) is 0 Å². The Morgan fingerprint density at radius 2 is 1.56 bits per heavy atom. The normalized spacial score (nSPS) is 14.8. The number of allylic oxidation sites excluding steroid dienone is 1. The van der Waals surface area contributed by atoms with Gasteiger partial charge in [-0.3, -0.25) is 14.6 Å². The Labute approximate surface area is 187 Å². The van der Waals surface area contributed by atoms with Crippen molar-refractivity contribution in [1.82, 2.24) is 4.98 Å². The summed E-state index contributed by atoms with van der Waals surface area (Å²) in [6.07, 6.45) is 5.20. The van der Waals surface area contributed by atoms with E-state index >= 15 is 0 Å². The van der Waals surface area contributed by atoms with Crippen LogP contribution in [0.5, 0.6) is 11.5 Å². The standard InChI is InChI=1S/C27H27NO4/c1-15(2)18-13-20-21(25(32-6)24(18)31-5)12-17-11-19(16-7-9-28-10-8-16)26(30)27(3,4)22(17)14-23(20)29/h7-15H,1-6H3. The Balaban J connectivity index is 2.16. The van der Waals surface area contributed by atoms with Crippen LogP contribution in [-0.4, -0.2) is 25.0 Å². The van der Waals surface area contributed by atoms with E-state index in [-0.39, 0.29) is 17.1 Å². The monoisotopic (exact) mass is 429 g/mol. The summed E-state index contributed by atoms with van der Waals surface area (Å²) in [5.41, 5.74) is 2.80. The molecule has 0 amide bonds. The van der Waals surface area contributed by atoms with Crippen molar-refractivity contribution >= 4 is 28.2 Å². The average Bonchev–Trinajstić information content (AvgIpc) is 2.92. The van der Waals surface area contributed by atoms with Crippen molar-refractivity contribution in [2.75, 3.05) is 14.2 Å². The number of nitrogens with zero attached hydrogens (tertiary/aromatic N) is 1. The van der Waals surface area contributed by atoms with Gasteiger partial charge in [-0.25, -0.2) is 0 Å². The van der Waals surface area contributed by atoms with E-state index in [2.05, 4.69) is 4.98 Å². The van der Waals surface area contributed by atoms with Crippen molar-refractivity contribution in [2.45, 2.75) is 39.0 Å². The molecular weight excluding hydrogens is 402 g/mol. The number of pyridine rings is 1. The number of carbonyl (C=O) groups is 1. The molecule has 32 heavy (non-hydrogen) atoms. The van der Waals surface area contributed by atoms with Crippen molar-refractivity contribution in [3.8, 4) is 11.5 Å². The fourth-order valence-electron chi connectivity index (χ4n) is 4.48. The number of hydrogen-bond donors (Lipinski definition) is 0. The fourth-order valence-corrected chi connectivity index (χ4v) is 4.48. The number of aromatic nitrogens is 1. The zero-order valence-corrected chi connectivity index (χ0v) is 19.3. The number of Topliss-reactive ketones (excluding diaryl/α,β-unsaturated/α-hetero) is 1. The third kappa shape index (κ3) is 3.29. The van der Waals surface area contributed by atoms with Crippen LogP contribution in [0.4, 0.5) is 0 Å². The van der Waals surface area contributed by atoms with E-state index in [0.29, 0.717) is 33.4 Å². The number of benzene rings is 1. The number of ketones is 1. The Bertz CT molecular complexity index is 1320. The SMILES string of the molecule is COc1c(C(C)C)cc2c(=O)cc3c(cc2c1OC)C=C(c1ccncc1)C(=O)C3(C)C. The molecule has 3 aromatic rings. The summed E-state index contributed by atoms with van der Waals surface area (Å²) in [6.45, 7) is 7.83.